The number of allylic oxidation sites excluding steroid dienone is 15. The Morgan fingerprint density at radius 3 is 1.78 bits per heavy atom. The second-order valence-electron chi connectivity index (χ2n) is 17.6. The average molecular weight is 935 g/mol. The molecule has 0 bridgehead atoms. The number of hydrogen-bond donors (Lipinski definition) is 4. The van der Waals surface area contributed by atoms with Gasteiger partial charge in [0, 0.05) is 45.3 Å². The van der Waals surface area contributed by atoms with Crippen LogP contribution >= 0.6 is 0 Å². The zero-order valence-corrected chi connectivity index (χ0v) is 40.2. The van der Waals surface area contributed by atoms with Crippen molar-refractivity contribution in [3.05, 3.63) is 270 Å². The average Bonchev–Trinajstić information content (AvgIpc) is 3.42. The number of rotatable bonds is 13. The second kappa shape index (κ2) is 21.1. The molecule has 350 valence electrons. The van der Waals surface area contributed by atoms with Crippen LogP contribution < -0.4 is 20.7 Å². The summed E-state index contributed by atoms with van der Waals surface area (Å²) in [6, 6.07) is 48.8. The van der Waals surface area contributed by atoms with Crippen LogP contribution in [0.5, 0.6) is 0 Å². The van der Waals surface area contributed by atoms with Gasteiger partial charge in [-0.1, -0.05) is 129 Å². The van der Waals surface area contributed by atoms with Gasteiger partial charge in [-0.05, 0) is 174 Å². The van der Waals surface area contributed by atoms with Crippen molar-refractivity contribution in [2.45, 2.75) is 26.2 Å². The third-order valence-electron chi connectivity index (χ3n) is 13.0. The molecule has 8 heteroatoms. The van der Waals surface area contributed by atoms with Crippen LogP contribution in [0.2, 0.25) is 0 Å². The predicted molar refractivity (Wildman–Crippen MR) is 306 cm³/mol. The van der Waals surface area contributed by atoms with E-state index in [0.29, 0.717) is 22.8 Å². The standard InChI is InChI=1S/C64H54N8/c1-4-44-14-8-7-9-18-57(42-44)71(55-36-27-52(28-37-55)68-70-64-60-19-13-12-16-49(60)26-41-62(64)66)53-31-20-47(21-32-53)48-22-33-54(34-23-48)72(58-35-24-46-15-10-11-17-50(46)43-58)56-38-29-51(30-39-56)67-69-63-59(6-3)45(5-2)25-40-61(63)65/h4-6,8-9,11-14,16-43,65-68H,2-3,7,10,15H2,1H3/b14-8-,18-9+,44-4+,57-42+,65-61?,66-62?,69-63-,70-64-. The van der Waals surface area contributed by atoms with E-state index in [1.807, 2.05) is 60.7 Å². The number of hydrazone groups is 2. The molecule has 10 rings (SSSR count). The molecule has 8 nitrogen and oxygen atoms in total. The summed E-state index contributed by atoms with van der Waals surface area (Å²) in [5.74, 6) is 0. The van der Waals surface area contributed by atoms with Crippen molar-refractivity contribution < 1.29 is 0 Å². The molecule has 6 aromatic rings. The molecule has 0 spiro atoms. The van der Waals surface area contributed by atoms with Crippen LogP contribution in [0.15, 0.2) is 258 Å². The quantitative estimate of drug-likeness (QED) is 0.0684. The normalized spacial score (nSPS) is 18.1. The molecule has 0 atom stereocenters. The lowest BCUT2D eigenvalue weighted by atomic mass is 9.94. The fourth-order valence-corrected chi connectivity index (χ4v) is 9.23. The van der Waals surface area contributed by atoms with Crippen LogP contribution in [0.3, 0.4) is 0 Å². The number of nitrogens with zero attached hydrogens (tertiary/aromatic N) is 4. The van der Waals surface area contributed by atoms with E-state index >= 15 is 0 Å². The minimum absolute atomic E-state index is 0.306. The van der Waals surface area contributed by atoms with Gasteiger partial charge in [-0.15, -0.1) is 0 Å². The maximum absolute atomic E-state index is 8.55. The van der Waals surface area contributed by atoms with Gasteiger partial charge < -0.3 is 9.80 Å². The lowest BCUT2D eigenvalue weighted by Gasteiger charge is -2.28. The highest BCUT2D eigenvalue weighted by molar-refractivity contribution is 6.53. The van der Waals surface area contributed by atoms with Crippen LogP contribution in [-0.4, -0.2) is 22.8 Å². The van der Waals surface area contributed by atoms with Crippen molar-refractivity contribution >= 4 is 74.8 Å². The van der Waals surface area contributed by atoms with Crippen molar-refractivity contribution in [2.75, 3.05) is 20.7 Å². The maximum Gasteiger partial charge on any atom is 0.116 e. The topological polar surface area (TPSA) is 103 Å². The number of aryl methyl sites for hydroxylation is 1. The van der Waals surface area contributed by atoms with Crippen molar-refractivity contribution in [1.29, 1.82) is 10.8 Å². The zero-order valence-electron chi connectivity index (χ0n) is 40.2. The first-order valence-corrected chi connectivity index (χ1v) is 24.2. The van der Waals surface area contributed by atoms with Crippen LogP contribution in [-0.2, 0) is 6.42 Å². The van der Waals surface area contributed by atoms with E-state index in [0.717, 1.165) is 104 Å². The Bertz CT molecular complexity index is 3420. The smallest absolute Gasteiger partial charge is 0.116 e. The van der Waals surface area contributed by atoms with Crippen molar-refractivity contribution in [3.63, 3.8) is 0 Å². The van der Waals surface area contributed by atoms with E-state index in [1.165, 1.54) is 11.1 Å². The Labute approximate surface area is 422 Å². The van der Waals surface area contributed by atoms with Gasteiger partial charge in [0.2, 0.25) is 0 Å². The van der Waals surface area contributed by atoms with E-state index in [9.17, 15) is 0 Å². The number of benzene rings is 6. The van der Waals surface area contributed by atoms with Crippen LogP contribution in [0.1, 0.15) is 42.0 Å². The van der Waals surface area contributed by atoms with E-state index < -0.39 is 0 Å². The predicted octanol–water partition coefficient (Wildman–Crippen LogP) is 16.2. The second-order valence-corrected chi connectivity index (χ2v) is 17.6. The van der Waals surface area contributed by atoms with Gasteiger partial charge in [0.05, 0.1) is 22.8 Å². The molecule has 0 amide bonds. The number of anilines is 7. The first kappa shape index (κ1) is 46.3. The molecule has 0 heterocycles. The summed E-state index contributed by atoms with van der Waals surface area (Å²) in [4.78, 5) is 4.57. The minimum Gasteiger partial charge on any atom is -0.310 e. The first-order chi connectivity index (χ1) is 35.4. The fourth-order valence-electron chi connectivity index (χ4n) is 9.23. The summed E-state index contributed by atoms with van der Waals surface area (Å²) in [5, 5.41) is 26.4. The van der Waals surface area contributed by atoms with Gasteiger partial charge in [0.1, 0.15) is 11.4 Å². The minimum atomic E-state index is 0.306. The molecule has 4 N–H and O–H groups in total. The van der Waals surface area contributed by atoms with Gasteiger partial charge >= 0.3 is 0 Å². The van der Waals surface area contributed by atoms with Crippen molar-refractivity contribution in [1.82, 2.24) is 0 Å². The van der Waals surface area contributed by atoms with Gasteiger partial charge in [-0.25, -0.2) is 0 Å². The molecule has 72 heavy (non-hydrogen) atoms. The van der Waals surface area contributed by atoms with Crippen molar-refractivity contribution in [2.24, 2.45) is 10.2 Å². The summed E-state index contributed by atoms with van der Waals surface area (Å²) in [5.41, 5.74) is 25.5. The first-order valence-electron chi connectivity index (χ1n) is 24.2. The summed E-state index contributed by atoms with van der Waals surface area (Å²) >= 11 is 0. The molecule has 0 aromatic heterocycles. The van der Waals surface area contributed by atoms with Crippen LogP contribution in [0.4, 0.5) is 39.8 Å². The Balaban J connectivity index is 0.931. The molecule has 4 aliphatic carbocycles. The highest BCUT2D eigenvalue weighted by atomic mass is 15.3. The molecule has 0 fully saturated rings. The molecule has 0 aliphatic heterocycles. The largest absolute Gasteiger partial charge is 0.310 e. The molecule has 0 radical (unpaired) electrons. The van der Waals surface area contributed by atoms with E-state index in [-0.39, 0.29) is 0 Å². The van der Waals surface area contributed by atoms with Gasteiger partial charge in [0.25, 0.3) is 0 Å². The summed E-state index contributed by atoms with van der Waals surface area (Å²) in [7, 11) is 0. The van der Waals surface area contributed by atoms with Gasteiger partial charge in [-0.2, -0.15) is 10.2 Å². The van der Waals surface area contributed by atoms with Gasteiger partial charge in [-0.3, -0.25) is 21.7 Å². The number of nitrogens with one attached hydrogen (secondary N) is 4. The zero-order chi connectivity index (χ0) is 49.4. The van der Waals surface area contributed by atoms with E-state index in [4.69, 9.17) is 15.9 Å². The highest BCUT2D eigenvalue weighted by Crippen LogP contribution is 2.39. The Hall–Kier alpha value is -9.40. The maximum atomic E-state index is 8.55. The third-order valence-corrected chi connectivity index (χ3v) is 13.0. The highest BCUT2D eigenvalue weighted by Gasteiger charge is 2.20. The molecule has 0 saturated carbocycles. The lowest BCUT2D eigenvalue weighted by molar-refractivity contribution is 0.985. The van der Waals surface area contributed by atoms with Crippen LogP contribution in [0.25, 0.3) is 23.3 Å². The van der Waals surface area contributed by atoms with E-state index in [1.54, 1.807) is 24.3 Å². The number of hydrogen-bond acceptors (Lipinski definition) is 8. The fraction of sp³-hybridized carbons (Fsp3) is 0.0625. The molecule has 0 unspecified atom stereocenters. The molecular formula is C64H54N8. The SMILES string of the molecule is C=CC1=C(C=C)/C(=N/Nc2ccc(N(c3ccc(-c4ccc(N(C5=C/C(=C/C)/C=C\C\C=C\5)c5ccc(N/N=C6\C(=N)C=Cc7ccccc76)cc5)cc4)cc3)c3ccc4c(c3)C=CCC4)cc2)C(=N)C=C1. The molecule has 4 aliphatic rings. The Morgan fingerprint density at radius 2 is 1.12 bits per heavy atom. The van der Waals surface area contributed by atoms with Gasteiger partial charge in [0.15, 0.2) is 0 Å². The van der Waals surface area contributed by atoms with Crippen LogP contribution in [0, 0.1) is 10.8 Å². The molecule has 0 saturated heterocycles. The summed E-state index contributed by atoms with van der Waals surface area (Å²) in [6.45, 7) is 9.94. The molecule has 6 aromatic carbocycles. The number of fused-ring (bicyclic) bond motifs is 2. The Kier molecular flexibility index (Phi) is 13.6. The summed E-state index contributed by atoms with van der Waals surface area (Å²) in [6.07, 6.45) is 31.3. The summed E-state index contributed by atoms with van der Waals surface area (Å²) < 4.78 is 0. The molecular weight excluding hydrogens is 881 g/mol. The lowest BCUT2D eigenvalue weighted by Crippen LogP contribution is -2.19. The third kappa shape index (κ3) is 9.88. The van der Waals surface area contributed by atoms with Crippen molar-refractivity contribution in [3.8, 4) is 11.1 Å². The Morgan fingerprint density at radius 1 is 0.542 bits per heavy atom. The monoisotopic (exact) mass is 934 g/mol. The van der Waals surface area contributed by atoms with E-state index in [2.05, 4.69) is 185 Å².